The van der Waals surface area contributed by atoms with Crippen LogP contribution in [0.5, 0.6) is 17.2 Å². The molecule has 3 aromatic rings. The molecule has 1 N–H and O–H groups in total. The number of carbonyl (C=O) groups excluding carboxylic acids is 2. The van der Waals surface area contributed by atoms with Gasteiger partial charge in [0, 0.05) is 18.0 Å². The Morgan fingerprint density at radius 1 is 0.935 bits per heavy atom. The van der Waals surface area contributed by atoms with E-state index in [-0.39, 0.29) is 23.5 Å². The van der Waals surface area contributed by atoms with Gasteiger partial charge in [0.25, 0.3) is 5.91 Å². The van der Waals surface area contributed by atoms with Gasteiger partial charge in [-0.05, 0) is 55.8 Å². The highest BCUT2D eigenvalue weighted by Crippen LogP contribution is 2.21. The van der Waals surface area contributed by atoms with Crippen LogP contribution in [0.4, 0.5) is 0 Å². The van der Waals surface area contributed by atoms with Crippen molar-refractivity contribution in [2.24, 2.45) is 0 Å². The van der Waals surface area contributed by atoms with Crippen molar-refractivity contribution in [2.75, 3.05) is 19.8 Å². The zero-order valence-corrected chi connectivity index (χ0v) is 17.3. The van der Waals surface area contributed by atoms with Crippen molar-refractivity contribution in [3.05, 3.63) is 64.5 Å². The molecule has 0 aliphatic heterocycles. The molecule has 0 fully saturated rings. The molecular formula is C23H23NO7. The maximum Gasteiger partial charge on any atom is 0.349 e. The highest BCUT2D eigenvalue weighted by Gasteiger charge is 2.14. The molecule has 0 saturated heterocycles. The first-order valence-electron chi connectivity index (χ1n) is 9.92. The Balaban J connectivity index is 1.64. The van der Waals surface area contributed by atoms with E-state index in [1.807, 2.05) is 13.8 Å². The van der Waals surface area contributed by atoms with Crippen LogP contribution in [0.25, 0.3) is 11.0 Å². The highest BCUT2D eigenvalue weighted by molar-refractivity contribution is 5.96. The minimum Gasteiger partial charge on any atom is -0.494 e. The van der Waals surface area contributed by atoms with E-state index in [0.717, 1.165) is 6.42 Å². The van der Waals surface area contributed by atoms with Crippen LogP contribution in [0, 0.1) is 0 Å². The maximum absolute atomic E-state index is 12.1. The molecule has 1 heterocycles. The van der Waals surface area contributed by atoms with Crippen LogP contribution >= 0.6 is 0 Å². The molecule has 8 nitrogen and oxygen atoms in total. The predicted octanol–water partition coefficient (Wildman–Crippen LogP) is 3.32. The van der Waals surface area contributed by atoms with E-state index in [0.29, 0.717) is 30.0 Å². The van der Waals surface area contributed by atoms with Gasteiger partial charge >= 0.3 is 11.6 Å². The first kappa shape index (κ1) is 21.9. The lowest BCUT2D eigenvalue weighted by atomic mass is 10.1. The van der Waals surface area contributed by atoms with Gasteiger partial charge in [0.05, 0.1) is 6.61 Å². The zero-order chi connectivity index (χ0) is 22.2. The van der Waals surface area contributed by atoms with Gasteiger partial charge in [0.1, 0.15) is 28.4 Å². The Morgan fingerprint density at radius 2 is 1.61 bits per heavy atom. The van der Waals surface area contributed by atoms with Crippen molar-refractivity contribution in [1.29, 1.82) is 0 Å². The molecule has 3 rings (SSSR count). The quantitative estimate of drug-likeness (QED) is 0.319. The molecule has 1 aromatic heterocycles. The minimum absolute atomic E-state index is 0.0746. The largest absolute Gasteiger partial charge is 0.494 e. The van der Waals surface area contributed by atoms with Crippen molar-refractivity contribution < 1.29 is 28.2 Å². The van der Waals surface area contributed by atoms with Gasteiger partial charge in [0.15, 0.2) is 6.61 Å². The summed E-state index contributed by atoms with van der Waals surface area (Å²) in [6, 6.07) is 12.9. The van der Waals surface area contributed by atoms with Crippen molar-refractivity contribution in [2.45, 2.75) is 20.3 Å². The lowest BCUT2D eigenvalue weighted by molar-refractivity contribution is -0.136. The van der Waals surface area contributed by atoms with Crippen LogP contribution in [-0.4, -0.2) is 31.6 Å². The van der Waals surface area contributed by atoms with Crippen LogP contribution in [0.1, 0.15) is 30.6 Å². The number of esters is 1. The summed E-state index contributed by atoms with van der Waals surface area (Å²) in [5.74, 6) is 0.296. The van der Waals surface area contributed by atoms with E-state index in [9.17, 15) is 14.4 Å². The summed E-state index contributed by atoms with van der Waals surface area (Å²) in [5.41, 5.74) is -0.632. The summed E-state index contributed by atoms with van der Waals surface area (Å²) < 4.78 is 21.2. The third kappa shape index (κ3) is 5.85. The lowest BCUT2D eigenvalue weighted by Crippen LogP contribution is -2.28. The van der Waals surface area contributed by atoms with Crippen molar-refractivity contribution in [3.8, 4) is 17.2 Å². The smallest absolute Gasteiger partial charge is 0.349 e. The summed E-state index contributed by atoms with van der Waals surface area (Å²) in [7, 11) is 0. The van der Waals surface area contributed by atoms with Crippen molar-refractivity contribution in [3.63, 3.8) is 0 Å². The van der Waals surface area contributed by atoms with Gasteiger partial charge in [-0.15, -0.1) is 0 Å². The Bertz CT molecular complexity index is 1120. The third-order valence-corrected chi connectivity index (χ3v) is 4.21. The highest BCUT2D eigenvalue weighted by atomic mass is 16.6. The average molecular weight is 425 g/mol. The number of rotatable bonds is 9. The summed E-state index contributed by atoms with van der Waals surface area (Å²) in [6.45, 7) is 4.53. The number of hydrogen-bond acceptors (Lipinski definition) is 7. The van der Waals surface area contributed by atoms with Gasteiger partial charge in [-0.2, -0.15) is 0 Å². The van der Waals surface area contributed by atoms with Crippen LogP contribution in [-0.2, 0) is 4.79 Å². The fourth-order valence-corrected chi connectivity index (χ4v) is 2.75. The second-order valence-corrected chi connectivity index (χ2v) is 6.57. The Hall–Kier alpha value is -3.81. The number of amides is 1. The molecular weight excluding hydrogens is 402 g/mol. The maximum atomic E-state index is 12.1. The Kier molecular flexibility index (Phi) is 7.26. The zero-order valence-electron chi connectivity index (χ0n) is 17.3. The summed E-state index contributed by atoms with van der Waals surface area (Å²) in [6.07, 6.45) is 0.752. The molecule has 0 bridgehead atoms. The number of ether oxygens (including phenoxy) is 3. The first-order chi connectivity index (χ1) is 15.0. The monoisotopic (exact) mass is 425 g/mol. The van der Waals surface area contributed by atoms with E-state index in [1.54, 1.807) is 36.4 Å². The molecule has 2 aromatic carbocycles. The first-order valence-corrected chi connectivity index (χ1v) is 9.92. The van der Waals surface area contributed by atoms with Gasteiger partial charge in [-0.3, -0.25) is 4.79 Å². The van der Waals surface area contributed by atoms with Crippen LogP contribution in [0.2, 0.25) is 0 Å². The van der Waals surface area contributed by atoms with Gasteiger partial charge < -0.3 is 23.9 Å². The van der Waals surface area contributed by atoms with Crippen LogP contribution < -0.4 is 25.2 Å². The molecule has 0 aliphatic carbocycles. The number of fused-ring (bicyclic) bond motifs is 1. The third-order valence-electron chi connectivity index (χ3n) is 4.21. The van der Waals surface area contributed by atoms with Crippen molar-refractivity contribution in [1.82, 2.24) is 5.32 Å². The molecule has 162 valence electrons. The molecule has 0 radical (unpaired) electrons. The lowest BCUT2D eigenvalue weighted by Gasteiger charge is -2.08. The fourth-order valence-electron chi connectivity index (χ4n) is 2.75. The second-order valence-electron chi connectivity index (χ2n) is 6.57. The molecule has 1 amide bonds. The number of benzene rings is 2. The average Bonchev–Trinajstić information content (AvgIpc) is 2.76. The van der Waals surface area contributed by atoms with E-state index in [2.05, 4.69) is 5.32 Å². The van der Waals surface area contributed by atoms with Crippen LogP contribution in [0.3, 0.4) is 0 Å². The molecule has 0 aliphatic rings. The molecule has 0 unspecified atom stereocenters. The van der Waals surface area contributed by atoms with Gasteiger partial charge in [0.2, 0.25) is 0 Å². The normalized spacial score (nSPS) is 10.5. The fraction of sp³-hybridized carbons (Fsp3) is 0.261. The van der Waals surface area contributed by atoms with Crippen LogP contribution in [0.15, 0.2) is 57.7 Å². The Labute approximate surface area is 178 Å². The summed E-state index contributed by atoms with van der Waals surface area (Å²) >= 11 is 0. The Morgan fingerprint density at radius 3 is 2.29 bits per heavy atom. The van der Waals surface area contributed by atoms with Crippen molar-refractivity contribution >= 4 is 22.8 Å². The number of hydrogen-bond donors (Lipinski definition) is 1. The topological polar surface area (TPSA) is 104 Å². The number of nitrogens with one attached hydrogen (secondary N) is 1. The number of carbonyl (C=O) groups is 2. The van der Waals surface area contributed by atoms with Gasteiger partial charge in [-0.1, -0.05) is 6.92 Å². The molecule has 0 atom stereocenters. The SMILES string of the molecule is CCCNC(=O)c1cc2ccc(OC(=O)COc3ccc(OCC)cc3)cc2oc1=O. The van der Waals surface area contributed by atoms with E-state index in [4.69, 9.17) is 18.6 Å². The summed E-state index contributed by atoms with van der Waals surface area (Å²) in [4.78, 5) is 36.3. The predicted molar refractivity (Wildman–Crippen MR) is 114 cm³/mol. The standard InChI is InChI=1S/C23H23NO7/c1-3-11-24-22(26)19-12-15-5-6-18(13-20(15)31-23(19)27)30-21(25)14-29-17-9-7-16(8-10-17)28-4-2/h5-10,12-13H,3-4,11,14H2,1-2H3,(H,24,26). The molecule has 8 heteroatoms. The van der Waals surface area contributed by atoms with E-state index in [1.165, 1.54) is 12.1 Å². The second kappa shape index (κ2) is 10.3. The van der Waals surface area contributed by atoms with E-state index >= 15 is 0 Å². The van der Waals surface area contributed by atoms with Gasteiger partial charge in [-0.25, -0.2) is 9.59 Å². The van der Waals surface area contributed by atoms with E-state index < -0.39 is 17.5 Å². The minimum atomic E-state index is -0.761. The molecule has 0 spiro atoms. The summed E-state index contributed by atoms with van der Waals surface area (Å²) in [5, 5.41) is 3.17. The molecule has 31 heavy (non-hydrogen) atoms. The molecule has 0 saturated carbocycles.